The number of aromatic nitrogens is 2. The van der Waals surface area contributed by atoms with Gasteiger partial charge in [0, 0.05) is 26.6 Å². The molecule has 5 rings (SSSR count). The summed E-state index contributed by atoms with van der Waals surface area (Å²) in [5, 5.41) is 9.97. The second kappa shape index (κ2) is 8.05. The molecule has 1 aromatic heterocycles. The third-order valence-corrected chi connectivity index (χ3v) is 7.63. The lowest BCUT2D eigenvalue weighted by Crippen LogP contribution is -2.47. The maximum atomic E-state index is 14.7. The minimum absolute atomic E-state index is 0.0941. The molecule has 0 saturated carbocycles. The predicted molar refractivity (Wildman–Crippen MR) is 120 cm³/mol. The molecule has 0 radical (unpaired) electrons. The highest BCUT2D eigenvalue weighted by atomic mass is 32.2. The maximum Gasteiger partial charge on any atom is 0.301 e. The Bertz CT molecular complexity index is 1510. The molecular weight excluding hydrogens is 465 g/mol. The van der Waals surface area contributed by atoms with Gasteiger partial charge >= 0.3 is 10.2 Å². The number of rotatable bonds is 5. The van der Waals surface area contributed by atoms with Crippen LogP contribution in [0.1, 0.15) is 18.4 Å². The van der Waals surface area contributed by atoms with Gasteiger partial charge in [0.05, 0.1) is 35.1 Å². The van der Waals surface area contributed by atoms with Crippen molar-refractivity contribution in [3.8, 4) is 17.6 Å². The summed E-state index contributed by atoms with van der Waals surface area (Å²) in [6.07, 6.45) is 2.77. The number of aryl methyl sites for hydroxylation is 1. The Morgan fingerprint density at radius 3 is 2.76 bits per heavy atom. The second-order valence-electron chi connectivity index (χ2n) is 8.32. The van der Waals surface area contributed by atoms with Crippen molar-refractivity contribution < 1.29 is 22.3 Å². The molecule has 0 aliphatic carbocycles. The molecule has 0 unspecified atom stereocenters. The van der Waals surface area contributed by atoms with Gasteiger partial charge in [0.15, 0.2) is 11.6 Å². The molecule has 2 fully saturated rings. The number of nitrogens with one attached hydrogen (secondary N) is 1. The Labute approximate surface area is 194 Å². The standard InChI is InChI=1S/C22H20FN5O5S/c1-27-13-25-18-4-2-14(10-15(18)21(27)29)33-20-16(11-24)19(5-3-17(20)23)26-34(30,31)28-8-6-22(12-28)7-9-32-22/h2-5,10,13,26H,6-9,12H2,1H3/t22-/m0/s1. The molecule has 1 spiro atoms. The van der Waals surface area contributed by atoms with Crippen LogP contribution in [-0.4, -0.2) is 47.6 Å². The van der Waals surface area contributed by atoms with E-state index in [0.717, 1.165) is 12.5 Å². The number of nitrogens with zero attached hydrogens (tertiary/aromatic N) is 4. The quantitative estimate of drug-likeness (QED) is 0.587. The van der Waals surface area contributed by atoms with E-state index >= 15 is 0 Å². The van der Waals surface area contributed by atoms with Gasteiger partial charge in [-0.2, -0.15) is 18.0 Å². The van der Waals surface area contributed by atoms with Crippen molar-refractivity contribution in [2.45, 2.75) is 18.4 Å². The van der Waals surface area contributed by atoms with E-state index in [4.69, 9.17) is 9.47 Å². The SMILES string of the molecule is Cn1cnc2ccc(Oc3c(F)ccc(NS(=O)(=O)N4CC[C@]5(CCO5)C4)c3C#N)cc2c1=O. The average molecular weight is 485 g/mol. The summed E-state index contributed by atoms with van der Waals surface area (Å²) in [5.41, 5.74) is -0.774. The van der Waals surface area contributed by atoms with Crippen molar-refractivity contribution in [2.75, 3.05) is 24.4 Å². The van der Waals surface area contributed by atoms with Crippen LogP contribution >= 0.6 is 0 Å². The molecule has 12 heteroatoms. The zero-order valence-corrected chi connectivity index (χ0v) is 18.9. The number of halogens is 1. The zero-order valence-electron chi connectivity index (χ0n) is 18.1. The van der Waals surface area contributed by atoms with Gasteiger partial charge in [-0.15, -0.1) is 0 Å². The van der Waals surface area contributed by atoms with Gasteiger partial charge in [0.25, 0.3) is 5.56 Å². The minimum Gasteiger partial charge on any atom is -0.453 e. The fourth-order valence-electron chi connectivity index (χ4n) is 4.15. The van der Waals surface area contributed by atoms with Crippen molar-refractivity contribution in [1.82, 2.24) is 13.9 Å². The Morgan fingerprint density at radius 2 is 2.09 bits per heavy atom. The Kier molecular flexibility index (Phi) is 5.27. The van der Waals surface area contributed by atoms with Crippen LogP contribution in [0, 0.1) is 17.1 Å². The lowest BCUT2D eigenvalue weighted by molar-refractivity contribution is -0.134. The normalized spacial score (nSPS) is 20.3. The van der Waals surface area contributed by atoms with Crippen molar-refractivity contribution >= 4 is 26.8 Å². The van der Waals surface area contributed by atoms with Crippen LogP contribution in [0.25, 0.3) is 10.9 Å². The van der Waals surface area contributed by atoms with E-state index in [1.165, 1.54) is 39.5 Å². The number of hydrogen-bond donors (Lipinski definition) is 1. The van der Waals surface area contributed by atoms with E-state index < -0.39 is 27.4 Å². The summed E-state index contributed by atoms with van der Waals surface area (Å²) in [6, 6.07) is 8.41. The Balaban J connectivity index is 1.46. The third kappa shape index (κ3) is 3.77. The van der Waals surface area contributed by atoms with E-state index in [2.05, 4.69) is 9.71 Å². The van der Waals surface area contributed by atoms with Crippen LogP contribution < -0.4 is 15.0 Å². The Hall–Kier alpha value is -3.53. The summed E-state index contributed by atoms with van der Waals surface area (Å²) < 4.78 is 56.7. The molecule has 2 aromatic carbocycles. The first kappa shape index (κ1) is 22.3. The molecular formula is C22H20FN5O5S. The number of fused-ring (bicyclic) bond motifs is 1. The van der Waals surface area contributed by atoms with Crippen molar-refractivity contribution in [1.29, 1.82) is 5.26 Å². The first-order chi connectivity index (χ1) is 16.2. The molecule has 0 bridgehead atoms. The Morgan fingerprint density at radius 1 is 1.29 bits per heavy atom. The number of nitriles is 1. The highest BCUT2D eigenvalue weighted by Gasteiger charge is 2.47. The summed E-state index contributed by atoms with van der Waals surface area (Å²) in [5.74, 6) is -1.22. The van der Waals surface area contributed by atoms with Crippen molar-refractivity contribution in [3.05, 3.63) is 58.4 Å². The van der Waals surface area contributed by atoms with Crippen molar-refractivity contribution in [3.63, 3.8) is 0 Å². The summed E-state index contributed by atoms with van der Waals surface area (Å²) in [7, 11) is -2.47. The van der Waals surface area contributed by atoms with Crippen LogP contribution in [0.5, 0.6) is 11.5 Å². The van der Waals surface area contributed by atoms with Crippen LogP contribution in [0.2, 0.25) is 0 Å². The fourth-order valence-corrected chi connectivity index (χ4v) is 5.47. The smallest absolute Gasteiger partial charge is 0.301 e. The fraction of sp³-hybridized carbons (Fsp3) is 0.318. The van der Waals surface area contributed by atoms with Gasteiger partial charge in [-0.3, -0.25) is 9.52 Å². The predicted octanol–water partition coefficient (Wildman–Crippen LogP) is 2.26. The molecule has 3 heterocycles. The van der Waals surface area contributed by atoms with E-state index in [0.29, 0.717) is 18.5 Å². The van der Waals surface area contributed by atoms with Gasteiger partial charge in [-0.25, -0.2) is 9.37 Å². The first-order valence-corrected chi connectivity index (χ1v) is 11.9. The van der Waals surface area contributed by atoms with Crippen LogP contribution in [0.15, 0.2) is 41.5 Å². The van der Waals surface area contributed by atoms with E-state index in [1.807, 2.05) is 6.07 Å². The molecule has 0 amide bonds. The van der Waals surface area contributed by atoms with Crippen LogP contribution in [0.4, 0.5) is 10.1 Å². The average Bonchev–Trinajstić information content (AvgIpc) is 3.27. The van der Waals surface area contributed by atoms with Crippen LogP contribution in [0.3, 0.4) is 0 Å². The number of benzene rings is 2. The van der Waals surface area contributed by atoms with E-state index in [-0.39, 0.29) is 41.0 Å². The van der Waals surface area contributed by atoms with Gasteiger partial charge in [-0.05, 0) is 36.8 Å². The molecule has 1 N–H and O–H groups in total. The van der Waals surface area contributed by atoms with Gasteiger partial charge < -0.3 is 14.0 Å². The first-order valence-electron chi connectivity index (χ1n) is 10.5. The van der Waals surface area contributed by atoms with Crippen LogP contribution in [-0.2, 0) is 22.0 Å². The molecule has 2 aliphatic heterocycles. The topological polar surface area (TPSA) is 127 Å². The lowest BCUT2D eigenvalue weighted by atomic mass is 9.94. The number of anilines is 1. The molecule has 2 aliphatic rings. The van der Waals surface area contributed by atoms with E-state index in [1.54, 1.807) is 7.05 Å². The van der Waals surface area contributed by atoms with Gasteiger partial charge in [0.2, 0.25) is 0 Å². The van der Waals surface area contributed by atoms with Crippen molar-refractivity contribution in [2.24, 2.45) is 7.05 Å². The minimum atomic E-state index is -4.01. The largest absolute Gasteiger partial charge is 0.453 e. The number of hydrogen-bond acceptors (Lipinski definition) is 7. The van der Waals surface area contributed by atoms with E-state index in [9.17, 15) is 22.9 Å². The summed E-state index contributed by atoms with van der Waals surface area (Å²) >= 11 is 0. The molecule has 1 atom stereocenters. The molecule has 10 nitrogen and oxygen atoms in total. The summed E-state index contributed by atoms with van der Waals surface area (Å²) in [6.45, 7) is 1.10. The monoisotopic (exact) mass is 485 g/mol. The summed E-state index contributed by atoms with van der Waals surface area (Å²) in [4.78, 5) is 16.5. The van der Waals surface area contributed by atoms with Gasteiger partial charge in [0.1, 0.15) is 17.4 Å². The molecule has 2 saturated heterocycles. The molecule has 34 heavy (non-hydrogen) atoms. The second-order valence-corrected chi connectivity index (χ2v) is 10.00. The molecule has 3 aromatic rings. The highest BCUT2D eigenvalue weighted by molar-refractivity contribution is 7.90. The van der Waals surface area contributed by atoms with Gasteiger partial charge in [-0.1, -0.05) is 0 Å². The molecule has 176 valence electrons. The zero-order chi connectivity index (χ0) is 24.1. The maximum absolute atomic E-state index is 14.7. The number of ether oxygens (including phenoxy) is 2. The lowest BCUT2D eigenvalue weighted by Gasteiger charge is -2.38. The third-order valence-electron chi connectivity index (χ3n) is 6.16. The highest BCUT2D eigenvalue weighted by Crippen LogP contribution is 2.38.